The highest BCUT2D eigenvalue weighted by molar-refractivity contribution is 9.10. The van der Waals surface area contributed by atoms with Crippen molar-refractivity contribution in [2.75, 3.05) is 0 Å². The largest absolute Gasteiger partial charge is 0.388 e. The fourth-order valence-corrected chi connectivity index (χ4v) is 3.23. The second-order valence-electron chi connectivity index (χ2n) is 5.15. The number of fused-ring (bicyclic) bond motifs is 1. The standard InChI is InChI=1S/C15H14BrF2NO/c1-8-5-9-13(3-2-4-15(9)20)19(8)14-6-10(16)11(17)7-12(14)18/h5-7,15,20H,2-4H2,1H3. The zero-order valence-corrected chi connectivity index (χ0v) is 12.5. The molecule has 2 aromatic rings. The number of nitrogens with zero attached hydrogens (tertiary/aromatic N) is 1. The van der Waals surface area contributed by atoms with Crippen LogP contribution >= 0.6 is 15.9 Å². The van der Waals surface area contributed by atoms with E-state index in [1.165, 1.54) is 6.07 Å². The minimum atomic E-state index is -0.620. The predicted molar refractivity (Wildman–Crippen MR) is 76.0 cm³/mol. The number of rotatable bonds is 1. The van der Waals surface area contributed by atoms with Crippen LogP contribution in [-0.4, -0.2) is 9.67 Å². The lowest BCUT2D eigenvalue weighted by atomic mass is 9.95. The fourth-order valence-electron chi connectivity index (χ4n) is 2.90. The van der Waals surface area contributed by atoms with Gasteiger partial charge >= 0.3 is 0 Å². The molecular formula is C15H14BrF2NO. The molecule has 0 aliphatic heterocycles. The Labute approximate surface area is 124 Å². The lowest BCUT2D eigenvalue weighted by Crippen LogP contribution is -2.12. The molecule has 0 fully saturated rings. The van der Waals surface area contributed by atoms with Gasteiger partial charge in [-0.2, -0.15) is 0 Å². The van der Waals surface area contributed by atoms with E-state index in [1.807, 2.05) is 13.0 Å². The van der Waals surface area contributed by atoms with Crippen LogP contribution in [-0.2, 0) is 6.42 Å². The monoisotopic (exact) mass is 341 g/mol. The van der Waals surface area contributed by atoms with E-state index >= 15 is 0 Å². The quantitative estimate of drug-likeness (QED) is 0.772. The summed E-state index contributed by atoms with van der Waals surface area (Å²) in [6, 6.07) is 4.21. The molecule has 1 unspecified atom stereocenters. The first kappa shape index (κ1) is 13.8. The highest BCUT2D eigenvalue weighted by Gasteiger charge is 2.25. The van der Waals surface area contributed by atoms with Crippen molar-refractivity contribution in [3.05, 3.63) is 51.3 Å². The zero-order valence-electron chi connectivity index (χ0n) is 11.0. The average Bonchev–Trinajstić information content (AvgIpc) is 2.72. The first-order valence-electron chi connectivity index (χ1n) is 6.53. The Balaban J connectivity index is 2.23. The van der Waals surface area contributed by atoms with Gasteiger partial charge in [0.25, 0.3) is 0 Å². The molecule has 5 heteroatoms. The normalized spacial score (nSPS) is 18.1. The first-order chi connectivity index (χ1) is 9.49. The molecule has 1 aliphatic rings. The molecular weight excluding hydrogens is 328 g/mol. The van der Waals surface area contributed by atoms with Gasteiger partial charge in [0, 0.05) is 23.0 Å². The third-order valence-corrected chi connectivity index (χ3v) is 4.41. The van der Waals surface area contributed by atoms with Gasteiger partial charge in [0.05, 0.1) is 16.3 Å². The summed E-state index contributed by atoms with van der Waals surface area (Å²) >= 11 is 3.09. The maximum Gasteiger partial charge on any atom is 0.150 e. The molecule has 1 N–H and O–H groups in total. The van der Waals surface area contributed by atoms with E-state index in [0.29, 0.717) is 5.69 Å². The molecule has 0 saturated heterocycles. The van der Waals surface area contributed by atoms with Crippen LogP contribution in [0.4, 0.5) is 8.78 Å². The molecule has 20 heavy (non-hydrogen) atoms. The number of aliphatic hydroxyl groups excluding tert-OH is 1. The number of aryl methyl sites for hydroxylation is 1. The van der Waals surface area contributed by atoms with Gasteiger partial charge < -0.3 is 9.67 Å². The van der Waals surface area contributed by atoms with E-state index in [1.54, 1.807) is 4.57 Å². The van der Waals surface area contributed by atoms with Gasteiger partial charge in [-0.15, -0.1) is 0 Å². The lowest BCUT2D eigenvalue weighted by Gasteiger charge is -2.21. The van der Waals surface area contributed by atoms with Crippen molar-refractivity contribution in [1.29, 1.82) is 0 Å². The van der Waals surface area contributed by atoms with Gasteiger partial charge in [0.2, 0.25) is 0 Å². The molecule has 0 amide bonds. The van der Waals surface area contributed by atoms with E-state index in [-0.39, 0.29) is 4.47 Å². The molecule has 2 nitrogen and oxygen atoms in total. The van der Waals surface area contributed by atoms with Crippen molar-refractivity contribution in [3.8, 4) is 5.69 Å². The molecule has 1 aromatic carbocycles. The summed E-state index contributed by atoms with van der Waals surface area (Å²) in [5.74, 6) is -1.22. The van der Waals surface area contributed by atoms with Crippen LogP contribution in [0.5, 0.6) is 0 Å². The van der Waals surface area contributed by atoms with Crippen LogP contribution in [0.1, 0.15) is 35.9 Å². The second kappa shape index (κ2) is 4.97. The first-order valence-corrected chi connectivity index (χ1v) is 7.32. The van der Waals surface area contributed by atoms with Crippen molar-refractivity contribution in [1.82, 2.24) is 4.57 Å². The minimum Gasteiger partial charge on any atom is -0.388 e. The van der Waals surface area contributed by atoms with Gasteiger partial charge in [-0.3, -0.25) is 0 Å². The number of hydrogen-bond donors (Lipinski definition) is 1. The van der Waals surface area contributed by atoms with E-state index in [2.05, 4.69) is 15.9 Å². The van der Waals surface area contributed by atoms with Crippen LogP contribution in [0.3, 0.4) is 0 Å². The predicted octanol–water partition coefficient (Wildman–Crippen LogP) is 4.20. The van der Waals surface area contributed by atoms with Gasteiger partial charge in [-0.1, -0.05) is 0 Å². The van der Waals surface area contributed by atoms with Crippen LogP contribution in [0.2, 0.25) is 0 Å². The molecule has 0 radical (unpaired) electrons. The summed E-state index contributed by atoms with van der Waals surface area (Å²) in [7, 11) is 0. The third-order valence-electron chi connectivity index (χ3n) is 3.80. The molecule has 0 saturated carbocycles. The van der Waals surface area contributed by atoms with Crippen molar-refractivity contribution in [2.24, 2.45) is 0 Å². The Morgan fingerprint density at radius 3 is 2.75 bits per heavy atom. The summed E-state index contributed by atoms with van der Waals surface area (Å²) in [6.45, 7) is 1.86. The Kier molecular flexibility index (Phi) is 3.42. The van der Waals surface area contributed by atoms with Crippen molar-refractivity contribution >= 4 is 15.9 Å². The van der Waals surface area contributed by atoms with Gasteiger partial charge in [0.15, 0.2) is 0 Å². The van der Waals surface area contributed by atoms with Crippen LogP contribution in [0, 0.1) is 18.6 Å². The second-order valence-corrected chi connectivity index (χ2v) is 6.00. The number of aliphatic hydroxyl groups is 1. The van der Waals surface area contributed by atoms with Gasteiger partial charge in [-0.25, -0.2) is 8.78 Å². The van der Waals surface area contributed by atoms with E-state index < -0.39 is 17.7 Å². The Morgan fingerprint density at radius 2 is 2.00 bits per heavy atom. The summed E-state index contributed by atoms with van der Waals surface area (Å²) in [5, 5.41) is 10.0. The summed E-state index contributed by atoms with van der Waals surface area (Å²) in [6.07, 6.45) is 1.88. The molecule has 1 atom stereocenters. The van der Waals surface area contributed by atoms with Crippen LogP contribution in [0.25, 0.3) is 5.69 Å². The summed E-state index contributed by atoms with van der Waals surface area (Å²) in [5.41, 5.74) is 2.92. The maximum absolute atomic E-state index is 14.1. The SMILES string of the molecule is Cc1cc2c(n1-c1cc(Br)c(F)cc1F)CCCC2O. The van der Waals surface area contributed by atoms with E-state index in [9.17, 15) is 13.9 Å². The average molecular weight is 342 g/mol. The summed E-state index contributed by atoms with van der Waals surface area (Å²) in [4.78, 5) is 0. The molecule has 1 heterocycles. The number of hydrogen-bond acceptors (Lipinski definition) is 1. The highest BCUT2D eigenvalue weighted by Crippen LogP contribution is 2.35. The lowest BCUT2D eigenvalue weighted by molar-refractivity contribution is 0.156. The Morgan fingerprint density at radius 1 is 1.25 bits per heavy atom. The molecule has 106 valence electrons. The Bertz CT molecular complexity index is 681. The number of aromatic nitrogens is 1. The van der Waals surface area contributed by atoms with Crippen molar-refractivity contribution in [2.45, 2.75) is 32.3 Å². The van der Waals surface area contributed by atoms with E-state index in [4.69, 9.17) is 0 Å². The molecule has 0 spiro atoms. The summed E-state index contributed by atoms with van der Waals surface area (Å²) < 4.78 is 29.5. The third kappa shape index (κ3) is 2.09. The van der Waals surface area contributed by atoms with Gasteiger partial charge in [0.1, 0.15) is 11.6 Å². The van der Waals surface area contributed by atoms with Crippen LogP contribution < -0.4 is 0 Å². The smallest absolute Gasteiger partial charge is 0.150 e. The zero-order chi connectivity index (χ0) is 14.4. The van der Waals surface area contributed by atoms with E-state index in [0.717, 1.165) is 42.3 Å². The Hall–Kier alpha value is -1.20. The van der Waals surface area contributed by atoms with Crippen molar-refractivity contribution in [3.63, 3.8) is 0 Å². The molecule has 3 rings (SSSR count). The van der Waals surface area contributed by atoms with Gasteiger partial charge in [-0.05, 0) is 54.2 Å². The highest BCUT2D eigenvalue weighted by atomic mass is 79.9. The fraction of sp³-hybridized carbons (Fsp3) is 0.333. The number of halogens is 3. The maximum atomic E-state index is 14.1. The molecule has 0 bridgehead atoms. The van der Waals surface area contributed by atoms with Crippen LogP contribution in [0.15, 0.2) is 22.7 Å². The topological polar surface area (TPSA) is 25.2 Å². The minimum absolute atomic E-state index is 0.229. The number of benzene rings is 1. The molecule has 1 aliphatic carbocycles. The molecule has 1 aromatic heterocycles. The van der Waals surface area contributed by atoms with Crippen molar-refractivity contribution < 1.29 is 13.9 Å².